The van der Waals surface area contributed by atoms with Crippen LogP contribution in [-0.2, 0) is 4.74 Å². The number of nitrogens with one attached hydrogen (secondary N) is 1. The molecule has 0 amide bonds. The molecule has 1 aliphatic rings. The molecule has 0 saturated carbocycles. The van der Waals surface area contributed by atoms with E-state index in [0.29, 0.717) is 40.6 Å². The SMILES string of the molecule is COCCCN1C(=S)NC(c2cccc(F)c2)C(c2nc(-c3cccc(Cl)c3)no2)=C1C. The van der Waals surface area contributed by atoms with Gasteiger partial charge in [0.05, 0.1) is 11.6 Å². The van der Waals surface area contributed by atoms with Gasteiger partial charge in [0.1, 0.15) is 5.82 Å². The van der Waals surface area contributed by atoms with Crippen LogP contribution in [0.1, 0.15) is 30.8 Å². The van der Waals surface area contributed by atoms with E-state index in [1.165, 1.54) is 12.1 Å². The van der Waals surface area contributed by atoms with Crippen molar-refractivity contribution in [2.45, 2.75) is 19.4 Å². The number of hydrogen-bond acceptors (Lipinski definition) is 5. The van der Waals surface area contributed by atoms with Crippen molar-refractivity contribution in [3.8, 4) is 11.4 Å². The third-order valence-electron chi connectivity index (χ3n) is 5.25. The molecule has 0 spiro atoms. The fraction of sp³-hybridized carbons (Fsp3) is 0.261. The van der Waals surface area contributed by atoms with Crippen LogP contribution in [0.25, 0.3) is 17.0 Å². The summed E-state index contributed by atoms with van der Waals surface area (Å²) in [6.45, 7) is 3.21. The fourth-order valence-corrected chi connectivity index (χ4v) is 4.24. The molecule has 0 fully saturated rings. The molecule has 1 aliphatic heterocycles. The van der Waals surface area contributed by atoms with Crippen molar-refractivity contribution in [1.29, 1.82) is 0 Å². The molecule has 1 aromatic heterocycles. The topological polar surface area (TPSA) is 63.4 Å². The van der Waals surface area contributed by atoms with Crippen molar-refractivity contribution in [2.75, 3.05) is 20.3 Å². The monoisotopic (exact) mass is 472 g/mol. The average molecular weight is 473 g/mol. The summed E-state index contributed by atoms with van der Waals surface area (Å²) in [4.78, 5) is 6.60. The molecule has 0 aliphatic carbocycles. The van der Waals surface area contributed by atoms with Crippen LogP contribution in [0.15, 0.2) is 58.8 Å². The molecular formula is C23H22ClFN4O2S. The summed E-state index contributed by atoms with van der Waals surface area (Å²) >= 11 is 11.7. The van der Waals surface area contributed by atoms with Crippen LogP contribution in [0.2, 0.25) is 5.02 Å². The maximum absolute atomic E-state index is 14.0. The molecule has 2 heterocycles. The number of halogens is 2. The molecule has 0 radical (unpaired) electrons. The van der Waals surface area contributed by atoms with E-state index in [1.807, 2.05) is 30.0 Å². The number of hydrogen-bond donors (Lipinski definition) is 1. The van der Waals surface area contributed by atoms with Gasteiger partial charge in [-0.05, 0) is 55.4 Å². The zero-order valence-electron chi connectivity index (χ0n) is 17.6. The molecule has 1 atom stereocenters. The van der Waals surface area contributed by atoms with Crippen LogP contribution in [-0.4, -0.2) is 40.4 Å². The Morgan fingerprint density at radius 3 is 2.81 bits per heavy atom. The number of ether oxygens (including phenoxy) is 1. The minimum Gasteiger partial charge on any atom is -0.385 e. The van der Waals surface area contributed by atoms with Crippen molar-refractivity contribution in [3.63, 3.8) is 0 Å². The number of nitrogens with zero attached hydrogens (tertiary/aromatic N) is 3. The van der Waals surface area contributed by atoms with Crippen LogP contribution >= 0.6 is 23.8 Å². The summed E-state index contributed by atoms with van der Waals surface area (Å²) in [6, 6.07) is 13.2. The minimum atomic E-state index is -0.440. The van der Waals surface area contributed by atoms with Gasteiger partial charge in [0.25, 0.3) is 5.89 Å². The highest BCUT2D eigenvalue weighted by molar-refractivity contribution is 7.80. The van der Waals surface area contributed by atoms with Crippen LogP contribution in [0.3, 0.4) is 0 Å². The number of benzene rings is 2. The number of rotatable bonds is 7. The van der Waals surface area contributed by atoms with Crippen LogP contribution in [0.4, 0.5) is 4.39 Å². The smallest absolute Gasteiger partial charge is 0.258 e. The summed E-state index contributed by atoms with van der Waals surface area (Å²) in [5, 5.41) is 8.59. The number of methoxy groups -OCH3 is 1. The largest absolute Gasteiger partial charge is 0.385 e. The van der Waals surface area contributed by atoms with Gasteiger partial charge in [-0.3, -0.25) is 0 Å². The molecule has 9 heteroatoms. The Labute approximate surface area is 196 Å². The average Bonchev–Trinajstić information content (AvgIpc) is 3.25. The lowest BCUT2D eigenvalue weighted by Gasteiger charge is -2.37. The van der Waals surface area contributed by atoms with Gasteiger partial charge in [-0.1, -0.05) is 41.0 Å². The molecule has 3 aromatic rings. The first-order valence-corrected chi connectivity index (χ1v) is 10.9. The first-order chi connectivity index (χ1) is 15.5. The molecule has 32 heavy (non-hydrogen) atoms. The van der Waals surface area contributed by atoms with Gasteiger partial charge >= 0.3 is 0 Å². The van der Waals surface area contributed by atoms with E-state index in [9.17, 15) is 4.39 Å². The highest BCUT2D eigenvalue weighted by Gasteiger charge is 2.34. The Balaban J connectivity index is 1.78. The second-order valence-electron chi connectivity index (χ2n) is 7.37. The predicted octanol–water partition coefficient (Wildman–Crippen LogP) is 5.23. The summed E-state index contributed by atoms with van der Waals surface area (Å²) in [5.41, 5.74) is 3.05. The lowest BCUT2D eigenvalue weighted by Crippen LogP contribution is -2.46. The normalized spacial score (nSPS) is 16.4. The molecule has 166 valence electrons. The molecule has 1 N–H and O–H groups in total. The maximum atomic E-state index is 14.0. The summed E-state index contributed by atoms with van der Waals surface area (Å²) in [7, 11) is 1.66. The molecule has 1 unspecified atom stereocenters. The highest BCUT2D eigenvalue weighted by Crippen LogP contribution is 2.37. The summed E-state index contributed by atoms with van der Waals surface area (Å²) in [6.07, 6.45) is 0.783. The van der Waals surface area contributed by atoms with E-state index in [0.717, 1.165) is 23.3 Å². The molecule has 0 bridgehead atoms. The van der Waals surface area contributed by atoms with Crippen molar-refractivity contribution in [3.05, 3.63) is 76.5 Å². The van der Waals surface area contributed by atoms with E-state index in [1.54, 1.807) is 25.3 Å². The van der Waals surface area contributed by atoms with E-state index >= 15 is 0 Å². The molecule has 6 nitrogen and oxygen atoms in total. The van der Waals surface area contributed by atoms with Gasteiger partial charge in [0, 0.05) is 36.5 Å². The van der Waals surface area contributed by atoms with E-state index in [-0.39, 0.29) is 5.82 Å². The number of aromatic nitrogens is 2. The molecule has 2 aromatic carbocycles. The van der Waals surface area contributed by atoms with Gasteiger partial charge in [0.15, 0.2) is 5.11 Å². The molecule has 4 rings (SSSR count). The zero-order chi connectivity index (χ0) is 22.7. The summed E-state index contributed by atoms with van der Waals surface area (Å²) in [5.74, 6) is 0.415. The van der Waals surface area contributed by atoms with Crippen molar-refractivity contribution < 1.29 is 13.7 Å². The minimum absolute atomic E-state index is 0.332. The van der Waals surface area contributed by atoms with Crippen molar-refractivity contribution in [1.82, 2.24) is 20.4 Å². The Morgan fingerprint density at radius 2 is 2.06 bits per heavy atom. The van der Waals surface area contributed by atoms with E-state index in [4.69, 9.17) is 33.1 Å². The molecular weight excluding hydrogens is 451 g/mol. The van der Waals surface area contributed by atoms with E-state index in [2.05, 4.69) is 15.5 Å². The van der Waals surface area contributed by atoms with Crippen LogP contribution < -0.4 is 5.32 Å². The predicted molar refractivity (Wildman–Crippen MR) is 125 cm³/mol. The standard InChI is InChI=1S/C23H22ClFN4O2S/c1-14-19(22-27-21(28-31-22)16-7-3-8-17(24)12-16)20(15-6-4-9-18(25)13-15)26-23(32)29(14)10-5-11-30-2/h3-4,6-9,12-13,20H,5,10-11H2,1-2H3,(H,26,32). The molecule has 0 saturated heterocycles. The Kier molecular flexibility index (Phi) is 6.83. The lowest BCUT2D eigenvalue weighted by molar-refractivity contribution is 0.188. The quantitative estimate of drug-likeness (QED) is 0.373. The van der Waals surface area contributed by atoms with Crippen molar-refractivity contribution >= 4 is 34.5 Å². The first-order valence-electron chi connectivity index (χ1n) is 10.1. The van der Waals surface area contributed by atoms with Gasteiger partial charge in [-0.2, -0.15) is 4.98 Å². The maximum Gasteiger partial charge on any atom is 0.258 e. The van der Waals surface area contributed by atoms with Crippen LogP contribution in [0.5, 0.6) is 0 Å². The Bertz CT molecular complexity index is 1170. The Morgan fingerprint density at radius 1 is 1.25 bits per heavy atom. The van der Waals surface area contributed by atoms with Gasteiger partial charge in [-0.25, -0.2) is 4.39 Å². The zero-order valence-corrected chi connectivity index (χ0v) is 19.2. The lowest BCUT2D eigenvalue weighted by atomic mass is 9.94. The second kappa shape index (κ2) is 9.77. The van der Waals surface area contributed by atoms with Gasteiger partial charge in [0.2, 0.25) is 5.82 Å². The highest BCUT2D eigenvalue weighted by atomic mass is 35.5. The Hall–Kier alpha value is -2.81. The number of allylic oxidation sites excluding steroid dienone is 1. The van der Waals surface area contributed by atoms with E-state index < -0.39 is 6.04 Å². The third-order valence-corrected chi connectivity index (χ3v) is 5.82. The van der Waals surface area contributed by atoms with Crippen LogP contribution in [0, 0.1) is 5.82 Å². The van der Waals surface area contributed by atoms with Gasteiger partial charge in [-0.15, -0.1) is 0 Å². The summed E-state index contributed by atoms with van der Waals surface area (Å²) < 4.78 is 24.9. The second-order valence-corrected chi connectivity index (χ2v) is 8.19. The fourth-order valence-electron chi connectivity index (χ4n) is 3.71. The van der Waals surface area contributed by atoms with Crippen molar-refractivity contribution in [2.24, 2.45) is 0 Å². The first kappa shape index (κ1) is 22.4. The number of thiocarbonyl (C=S) groups is 1. The third kappa shape index (κ3) is 4.67. The van der Waals surface area contributed by atoms with Gasteiger partial charge < -0.3 is 19.5 Å².